The van der Waals surface area contributed by atoms with E-state index >= 15 is 0 Å². The van der Waals surface area contributed by atoms with Crippen molar-refractivity contribution >= 4 is 43.7 Å². The van der Waals surface area contributed by atoms with Crippen molar-refractivity contribution in [1.82, 2.24) is 14.5 Å². The largest absolute Gasteiger partial charge is 0.456 e. The molecule has 1 unspecified atom stereocenters. The van der Waals surface area contributed by atoms with Gasteiger partial charge in [0.15, 0.2) is 0 Å². The van der Waals surface area contributed by atoms with Gasteiger partial charge >= 0.3 is 5.95 Å². The van der Waals surface area contributed by atoms with Gasteiger partial charge in [-0.3, -0.25) is 0 Å². The van der Waals surface area contributed by atoms with Gasteiger partial charge in [0.1, 0.15) is 27.7 Å². The molecule has 5 nitrogen and oxygen atoms in total. The third-order valence-electron chi connectivity index (χ3n) is 10.2. The Kier molecular flexibility index (Phi) is 4.40. The van der Waals surface area contributed by atoms with Gasteiger partial charge in [-0.1, -0.05) is 102 Å². The highest BCUT2D eigenvalue weighted by Gasteiger charge is 2.53. The standard InChI is InChI=1S/C41H25N4O/c1-41-31-18-8-5-14-25(31)27-22-23-28-26-15-6-9-19-32(26)44(37(28)36(27)41)40-43-38(42-39(45(40)41)24-12-3-2-4-13-24)30-17-11-21-34-35(30)29-16-7-10-20-33(29)46-34/h2-23H,1H3/q+1. The lowest BCUT2D eigenvalue weighted by molar-refractivity contribution is -0.730. The first kappa shape index (κ1) is 24.3. The van der Waals surface area contributed by atoms with E-state index in [-0.39, 0.29) is 0 Å². The minimum atomic E-state index is -0.538. The topological polar surface area (TPSA) is 47.7 Å². The fourth-order valence-corrected chi connectivity index (χ4v) is 8.33. The zero-order valence-electron chi connectivity index (χ0n) is 24.9. The number of fused-ring (bicyclic) bond motifs is 12. The number of rotatable bonds is 2. The predicted molar refractivity (Wildman–Crippen MR) is 182 cm³/mol. The number of hydrogen-bond donors (Lipinski definition) is 0. The molecule has 214 valence electrons. The SMILES string of the molecule is CC12c3ccccc3-c3ccc4c5ccccc5n(c4c31)-c1nc(-c3cccc4oc5ccccc5c34)nc(-c3ccccc3)[n+]12. The summed E-state index contributed by atoms with van der Waals surface area (Å²) in [5.41, 5.74) is 10.6. The van der Waals surface area contributed by atoms with Crippen molar-refractivity contribution in [3.05, 3.63) is 145 Å². The Hall–Kier alpha value is -6.07. The highest BCUT2D eigenvalue weighted by Crippen LogP contribution is 2.54. The summed E-state index contributed by atoms with van der Waals surface area (Å²) in [6.07, 6.45) is 0. The van der Waals surface area contributed by atoms with E-state index in [1.54, 1.807) is 0 Å². The Bertz CT molecular complexity index is 2770. The van der Waals surface area contributed by atoms with E-state index in [0.717, 1.165) is 50.4 Å². The molecule has 0 amide bonds. The Morgan fingerprint density at radius 3 is 2.26 bits per heavy atom. The molecule has 1 atom stereocenters. The molecule has 1 aliphatic heterocycles. The van der Waals surface area contributed by atoms with Crippen molar-refractivity contribution in [3.63, 3.8) is 0 Å². The average molecular weight is 590 g/mol. The zero-order valence-corrected chi connectivity index (χ0v) is 24.9. The van der Waals surface area contributed by atoms with Crippen LogP contribution in [0.2, 0.25) is 0 Å². The zero-order chi connectivity index (χ0) is 30.1. The van der Waals surface area contributed by atoms with Crippen LogP contribution in [0, 0.1) is 0 Å². The Labute approximate surface area is 263 Å². The molecule has 0 radical (unpaired) electrons. The lowest BCUT2D eigenvalue weighted by atomic mass is 9.86. The van der Waals surface area contributed by atoms with Gasteiger partial charge in [-0.05, 0) is 54.4 Å². The Balaban J connectivity index is 1.37. The fraction of sp³-hybridized carbons (Fsp3) is 0.0488. The van der Waals surface area contributed by atoms with Crippen LogP contribution in [0.15, 0.2) is 138 Å². The molecule has 9 aromatic rings. The molecule has 0 N–H and O–H groups in total. The van der Waals surface area contributed by atoms with Crippen molar-refractivity contribution in [2.75, 3.05) is 0 Å². The van der Waals surface area contributed by atoms with Crippen LogP contribution in [0.1, 0.15) is 18.1 Å². The maximum Gasteiger partial charge on any atom is 0.363 e. The third kappa shape index (κ3) is 2.80. The molecular weight excluding hydrogens is 564 g/mol. The van der Waals surface area contributed by atoms with Crippen molar-refractivity contribution in [1.29, 1.82) is 0 Å². The third-order valence-corrected chi connectivity index (χ3v) is 10.2. The summed E-state index contributed by atoms with van der Waals surface area (Å²) in [7, 11) is 0. The van der Waals surface area contributed by atoms with Gasteiger partial charge in [0.25, 0.3) is 5.82 Å². The van der Waals surface area contributed by atoms with Crippen LogP contribution in [0.25, 0.3) is 83.6 Å². The maximum atomic E-state index is 6.31. The molecule has 4 heterocycles. The van der Waals surface area contributed by atoms with E-state index in [0.29, 0.717) is 5.82 Å². The van der Waals surface area contributed by atoms with E-state index in [2.05, 4.69) is 125 Å². The summed E-state index contributed by atoms with van der Waals surface area (Å²) in [4.78, 5) is 11.1. The van der Waals surface area contributed by atoms with Crippen molar-refractivity contribution in [2.45, 2.75) is 12.5 Å². The first-order chi connectivity index (χ1) is 22.7. The smallest absolute Gasteiger partial charge is 0.363 e. The monoisotopic (exact) mass is 589 g/mol. The van der Waals surface area contributed by atoms with Crippen LogP contribution in [0.4, 0.5) is 0 Å². The van der Waals surface area contributed by atoms with Crippen LogP contribution >= 0.6 is 0 Å². The average Bonchev–Trinajstić information content (AvgIpc) is 3.75. The van der Waals surface area contributed by atoms with E-state index in [1.807, 2.05) is 24.3 Å². The number of benzene rings is 6. The van der Waals surface area contributed by atoms with Gasteiger partial charge < -0.3 is 4.42 Å². The molecule has 6 aromatic carbocycles. The molecule has 0 saturated carbocycles. The second-order valence-corrected chi connectivity index (χ2v) is 12.5. The summed E-state index contributed by atoms with van der Waals surface area (Å²) >= 11 is 0. The minimum absolute atomic E-state index is 0.538. The summed E-state index contributed by atoms with van der Waals surface area (Å²) in [5.74, 6) is 2.39. The van der Waals surface area contributed by atoms with Crippen LogP contribution in [-0.4, -0.2) is 14.5 Å². The van der Waals surface area contributed by atoms with E-state index in [1.165, 1.54) is 38.5 Å². The number of furan rings is 1. The summed E-state index contributed by atoms with van der Waals surface area (Å²) in [5, 5.41) is 4.55. The maximum absolute atomic E-state index is 6.31. The molecule has 1 aliphatic carbocycles. The van der Waals surface area contributed by atoms with E-state index in [4.69, 9.17) is 14.4 Å². The van der Waals surface area contributed by atoms with Crippen LogP contribution in [0.3, 0.4) is 0 Å². The molecule has 0 fully saturated rings. The Morgan fingerprint density at radius 1 is 0.609 bits per heavy atom. The van der Waals surface area contributed by atoms with Crippen LogP contribution in [0.5, 0.6) is 0 Å². The van der Waals surface area contributed by atoms with Crippen molar-refractivity contribution in [3.8, 4) is 39.9 Å². The van der Waals surface area contributed by atoms with Gasteiger partial charge in [0.05, 0.1) is 5.56 Å². The van der Waals surface area contributed by atoms with E-state index in [9.17, 15) is 0 Å². The molecule has 0 spiro atoms. The first-order valence-corrected chi connectivity index (χ1v) is 15.7. The van der Waals surface area contributed by atoms with Crippen molar-refractivity contribution in [2.24, 2.45) is 0 Å². The molecule has 5 heteroatoms. The summed E-state index contributed by atoms with van der Waals surface area (Å²) in [6, 6.07) is 47.1. The molecule has 11 rings (SSSR count). The van der Waals surface area contributed by atoms with Crippen LogP contribution < -0.4 is 4.57 Å². The van der Waals surface area contributed by atoms with Gasteiger partial charge in [-0.25, -0.2) is 9.13 Å². The summed E-state index contributed by atoms with van der Waals surface area (Å²) in [6.45, 7) is 2.35. The van der Waals surface area contributed by atoms with E-state index < -0.39 is 5.54 Å². The van der Waals surface area contributed by atoms with Gasteiger partial charge in [0, 0.05) is 38.2 Å². The first-order valence-electron chi connectivity index (χ1n) is 15.7. The Morgan fingerprint density at radius 2 is 1.35 bits per heavy atom. The molecular formula is C41H25N4O+. The number of para-hydroxylation sites is 2. The quantitative estimate of drug-likeness (QED) is 0.189. The van der Waals surface area contributed by atoms with Gasteiger partial charge in [0.2, 0.25) is 5.82 Å². The predicted octanol–water partition coefficient (Wildman–Crippen LogP) is 9.20. The number of nitrogens with zero attached hydrogens (tertiary/aromatic N) is 4. The van der Waals surface area contributed by atoms with Crippen LogP contribution in [-0.2, 0) is 5.54 Å². The molecule has 0 saturated heterocycles. The lowest BCUT2D eigenvalue weighted by Gasteiger charge is -2.33. The molecule has 3 aromatic heterocycles. The molecule has 2 aliphatic rings. The highest BCUT2D eigenvalue weighted by atomic mass is 16.3. The second-order valence-electron chi connectivity index (χ2n) is 12.5. The highest BCUT2D eigenvalue weighted by molar-refractivity contribution is 6.14. The van der Waals surface area contributed by atoms with Gasteiger partial charge in [-0.2, -0.15) is 0 Å². The fourth-order valence-electron chi connectivity index (χ4n) is 8.33. The lowest BCUT2D eigenvalue weighted by Crippen LogP contribution is -2.61. The molecule has 0 bridgehead atoms. The normalized spacial score (nSPS) is 16.0. The number of hydrogen-bond acceptors (Lipinski definition) is 3. The summed E-state index contributed by atoms with van der Waals surface area (Å²) < 4.78 is 11.1. The second kappa shape index (κ2) is 8.34. The molecule has 46 heavy (non-hydrogen) atoms. The van der Waals surface area contributed by atoms with Crippen molar-refractivity contribution < 1.29 is 8.98 Å². The van der Waals surface area contributed by atoms with Gasteiger partial charge in [-0.15, -0.1) is 4.98 Å². The minimum Gasteiger partial charge on any atom is -0.456 e. The number of aromatic nitrogens is 4.